The number of carboxylic acids is 1. The standard InChI is InChI=1S/C17H27NO4/c1-3-5-9-18(10-6-4-2)14(17(21)22)11-13-7-8-15(19)16(20)12-13/h7-8,12,14,19-20H,3-6,9-11H2,1-2H3,(H,21,22)/t14-/m0/s1. The van der Waals surface area contributed by atoms with Crippen LogP contribution in [0.4, 0.5) is 0 Å². The van der Waals surface area contributed by atoms with Gasteiger partial charge in [-0.25, -0.2) is 0 Å². The molecule has 0 aromatic heterocycles. The van der Waals surface area contributed by atoms with Crippen LogP contribution in [0.25, 0.3) is 0 Å². The molecular weight excluding hydrogens is 282 g/mol. The molecule has 0 saturated heterocycles. The molecular formula is C17H27NO4. The number of rotatable bonds is 10. The van der Waals surface area contributed by atoms with Crippen LogP contribution in [0.1, 0.15) is 45.1 Å². The predicted octanol–water partition coefficient (Wildman–Crippen LogP) is 3.00. The quantitative estimate of drug-likeness (QED) is 0.579. The largest absolute Gasteiger partial charge is 0.504 e. The minimum Gasteiger partial charge on any atom is -0.504 e. The summed E-state index contributed by atoms with van der Waals surface area (Å²) in [5.74, 6) is -1.25. The van der Waals surface area contributed by atoms with Gasteiger partial charge in [0, 0.05) is 0 Å². The third kappa shape index (κ3) is 5.56. The summed E-state index contributed by atoms with van der Waals surface area (Å²) in [4.78, 5) is 13.7. The molecule has 124 valence electrons. The first-order valence-corrected chi connectivity index (χ1v) is 7.97. The summed E-state index contributed by atoms with van der Waals surface area (Å²) < 4.78 is 0. The number of phenolic OH excluding ortho intramolecular Hbond substituents is 2. The fourth-order valence-electron chi connectivity index (χ4n) is 2.44. The molecule has 5 heteroatoms. The Morgan fingerprint density at radius 2 is 1.68 bits per heavy atom. The summed E-state index contributed by atoms with van der Waals surface area (Å²) in [5, 5.41) is 28.5. The number of aliphatic carboxylic acids is 1. The summed E-state index contributed by atoms with van der Waals surface area (Å²) >= 11 is 0. The van der Waals surface area contributed by atoms with Gasteiger partial charge in [0.15, 0.2) is 11.5 Å². The van der Waals surface area contributed by atoms with E-state index < -0.39 is 12.0 Å². The second kappa shape index (κ2) is 9.30. The van der Waals surface area contributed by atoms with Gasteiger partial charge in [-0.2, -0.15) is 0 Å². The lowest BCUT2D eigenvalue weighted by molar-refractivity contribution is -0.143. The van der Waals surface area contributed by atoms with Crippen molar-refractivity contribution in [2.75, 3.05) is 13.1 Å². The molecule has 0 aliphatic heterocycles. The zero-order valence-corrected chi connectivity index (χ0v) is 13.5. The lowest BCUT2D eigenvalue weighted by Gasteiger charge is -2.29. The van der Waals surface area contributed by atoms with Crippen molar-refractivity contribution in [1.29, 1.82) is 0 Å². The molecule has 0 aliphatic rings. The average Bonchev–Trinajstić information content (AvgIpc) is 2.49. The van der Waals surface area contributed by atoms with Gasteiger partial charge in [0.2, 0.25) is 0 Å². The second-order valence-corrected chi connectivity index (χ2v) is 5.62. The highest BCUT2D eigenvalue weighted by Crippen LogP contribution is 2.26. The molecule has 0 aliphatic carbocycles. The van der Waals surface area contributed by atoms with Crippen molar-refractivity contribution in [2.45, 2.75) is 52.0 Å². The van der Waals surface area contributed by atoms with E-state index in [1.54, 1.807) is 6.07 Å². The number of carbonyl (C=O) groups is 1. The van der Waals surface area contributed by atoms with Crippen molar-refractivity contribution < 1.29 is 20.1 Å². The first-order chi connectivity index (χ1) is 10.5. The molecule has 1 atom stereocenters. The number of phenols is 2. The van der Waals surface area contributed by atoms with Crippen molar-refractivity contribution in [3.05, 3.63) is 23.8 Å². The van der Waals surface area contributed by atoms with Gasteiger partial charge in [-0.15, -0.1) is 0 Å². The lowest BCUT2D eigenvalue weighted by atomic mass is 10.0. The monoisotopic (exact) mass is 309 g/mol. The minimum atomic E-state index is -0.847. The topological polar surface area (TPSA) is 81.0 Å². The number of hydrogen-bond acceptors (Lipinski definition) is 4. The molecule has 1 aromatic carbocycles. The molecule has 0 fully saturated rings. The van der Waals surface area contributed by atoms with Crippen LogP contribution in [-0.2, 0) is 11.2 Å². The highest BCUT2D eigenvalue weighted by molar-refractivity contribution is 5.74. The van der Waals surface area contributed by atoms with Gasteiger partial charge < -0.3 is 15.3 Å². The van der Waals surface area contributed by atoms with E-state index in [1.165, 1.54) is 12.1 Å². The van der Waals surface area contributed by atoms with Crippen LogP contribution in [0, 0.1) is 0 Å². The maximum Gasteiger partial charge on any atom is 0.321 e. The summed E-state index contributed by atoms with van der Waals surface area (Å²) in [6.07, 6.45) is 4.29. The predicted molar refractivity (Wildman–Crippen MR) is 86.3 cm³/mol. The Morgan fingerprint density at radius 1 is 1.09 bits per heavy atom. The Kier molecular flexibility index (Phi) is 7.74. The maximum absolute atomic E-state index is 11.7. The van der Waals surface area contributed by atoms with E-state index in [0.29, 0.717) is 12.0 Å². The van der Waals surface area contributed by atoms with Gasteiger partial charge in [0.05, 0.1) is 0 Å². The molecule has 1 aromatic rings. The fraction of sp³-hybridized carbons (Fsp3) is 0.588. The van der Waals surface area contributed by atoms with Crippen molar-refractivity contribution >= 4 is 5.97 Å². The van der Waals surface area contributed by atoms with Crippen LogP contribution < -0.4 is 0 Å². The van der Waals surface area contributed by atoms with E-state index in [9.17, 15) is 20.1 Å². The molecule has 0 heterocycles. The molecule has 3 N–H and O–H groups in total. The molecule has 0 saturated carbocycles. The summed E-state index contributed by atoms with van der Waals surface area (Å²) in [7, 11) is 0. The fourth-order valence-corrected chi connectivity index (χ4v) is 2.44. The number of aromatic hydroxyl groups is 2. The van der Waals surface area contributed by atoms with Crippen LogP contribution >= 0.6 is 0 Å². The number of nitrogens with zero attached hydrogens (tertiary/aromatic N) is 1. The molecule has 22 heavy (non-hydrogen) atoms. The maximum atomic E-state index is 11.7. The highest BCUT2D eigenvalue weighted by atomic mass is 16.4. The van der Waals surface area contributed by atoms with Crippen LogP contribution in [-0.4, -0.2) is 45.3 Å². The van der Waals surface area contributed by atoms with E-state index in [0.717, 1.165) is 38.8 Å². The number of benzene rings is 1. The molecule has 0 spiro atoms. The molecule has 1 rings (SSSR count). The van der Waals surface area contributed by atoms with E-state index >= 15 is 0 Å². The van der Waals surface area contributed by atoms with Crippen molar-refractivity contribution in [3.8, 4) is 11.5 Å². The third-order valence-electron chi connectivity index (χ3n) is 3.79. The van der Waals surface area contributed by atoms with Crippen molar-refractivity contribution in [1.82, 2.24) is 4.90 Å². The van der Waals surface area contributed by atoms with Gasteiger partial charge in [0.1, 0.15) is 6.04 Å². The van der Waals surface area contributed by atoms with Crippen LogP contribution in [0.5, 0.6) is 11.5 Å². The number of hydrogen-bond donors (Lipinski definition) is 3. The number of unbranched alkanes of at least 4 members (excludes halogenated alkanes) is 2. The Hall–Kier alpha value is -1.75. The van der Waals surface area contributed by atoms with Gasteiger partial charge in [-0.1, -0.05) is 32.8 Å². The summed E-state index contributed by atoms with van der Waals surface area (Å²) in [6.45, 7) is 5.70. The summed E-state index contributed by atoms with van der Waals surface area (Å²) in [6, 6.07) is 3.87. The Balaban J connectivity index is 2.87. The first-order valence-electron chi connectivity index (χ1n) is 7.97. The van der Waals surface area contributed by atoms with Gasteiger partial charge in [-0.3, -0.25) is 9.69 Å². The summed E-state index contributed by atoms with van der Waals surface area (Å²) in [5.41, 5.74) is 0.709. The van der Waals surface area contributed by atoms with Gasteiger partial charge in [-0.05, 0) is 50.0 Å². The molecule has 0 radical (unpaired) electrons. The van der Waals surface area contributed by atoms with Crippen LogP contribution in [0.2, 0.25) is 0 Å². The normalized spacial score (nSPS) is 12.5. The number of carboxylic acid groups (broad SMARTS) is 1. The minimum absolute atomic E-state index is 0.190. The zero-order chi connectivity index (χ0) is 16.5. The smallest absolute Gasteiger partial charge is 0.321 e. The Bertz CT molecular complexity index is 468. The second-order valence-electron chi connectivity index (χ2n) is 5.62. The third-order valence-corrected chi connectivity index (χ3v) is 3.79. The SMILES string of the molecule is CCCCN(CCCC)[C@@H](Cc1ccc(O)c(O)c1)C(=O)O. The first kappa shape index (κ1) is 18.3. The average molecular weight is 309 g/mol. The lowest BCUT2D eigenvalue weighted by Crippen LogP contribution is -2.43. The van der Waals surface area contributed by atoms with E-state index in [4.69, 9.17) is 0 Å². The van der Waals surface area contributed by atoms with E-state index in [1.807, 2.05) is 4.90 Å². The van der Waals surface area contributed by atoms with E-state index in [-0.39, 0.29) is 11.5 Å². The molecule has 0 amide bonds. The van der Waals surface area contributed by atoms with Gasteiger partial charge in [0.25, 0.3) is 0 Å². The van der Waals surface area contributed by atoms with Gasteiger partial charge >= 0.3 is 5.97 Å². The van der Waals surface area contributed by atoms with E-state index in [2.05, 4.69) is 13.8 Å². The van der Waals surface area contributed by atoms with Crippen molar-refractivity contribution in [2.24, 2.45) is 0 Å². The Labute approximate surface area is 132 Å². The highest BCUT2D eigenvalue weighted by Gasteiger charge is 2.25. The molecule has 0 bridgehead atoms. The Morgan fingerprint density at radius 3 is 2.14 bits per heavy atom. The van der Waals surface area contributed by atoms with Crippen molar-refractivity contribution in [3.63, 3.8) is 0 Å². The zero-order valence-electron chi connectivity index (χ0n) is 13.5. The molecule has 0 unspecified atom stereocenters. The van der Waals surface area contributed by atoms with Crippen LogP contribution in [0.3, 0.4) is 0 Å². The molecule has 5 nitrogen and oxygen atoms in total. The van der Waals surface area contributed by atoms with Crippen LogP contribution in [0.15, 0.2) is 18.2 Å².